The number of hydrogen-bond acceptors (Lipinski definition) is 3. The number of amides is 3. The highest BCUT2D eigenvalue weighted by Gasteiger charge is 2.34. The molecule has 1 heterocycles. The standard InChI is InChI=1S/C12H21N3O4/c1-2-3-4-9(14-12(13)19)10(16)15-6-5-8(7-15)11(17)18/h8-9H,2-7H2,1H3,(H,17,18)(H3,13,14,19)/t8-,9+/m0/s1. The van der Waals surface area contributed by atoms with Crippen molar-refractivity contribution in [2.45, 2.75) is 38.6 Å². The number of nitrogens with zero attached hydrogens (tertiary/aromatic N) is 1. The Morgan fingerprint density at radius 3 is 2.63 bits per heavy atom. The third-order valence-corrected chi connectivity index (χ3v) is 3.31. The van der Waals surface area contributed by atoms with E-state index in [9.17, 15) is 14.4 Å². The van der Waals surface area contributed by atoms with E-state index in [1.807, 2.05) is 6.92 Å². The minimum Gasteiger partial charge on any atom is -0.481 e. The summed E-state index contributed by atoms with van der Waals surface area (Å²) >= 11 is 0. The fourth-order valence-corrected chi connectivity index (χ4v) is 2.22. The Labute approximate surface area is 112 Å². The Kier molecular flexibility index (Phi) is 5.59. The van der Waals surface area contributed by atoms with Crippen molar-refractivity contribution in [1.82, 2.24) is 10.2 Å². The molecule has 0 spiro atoms. The number of hydrogen-bond donors (Lipinski definition) is 3. The number of rotatable bonds is 6. The third kappa shape index (κ3) is 4.42. The summed E-state index contributed by atoms with van der Waals surface area (Å²) in [5.74, 6) is -1.64. The van der Waals surface area contributed by atoms with E-state index in [4.69, 9.17) is 10.8 Å². The van der Waals surface area contributed by atoms with Crippen molar-refractivity contribution in [1.29, 1.82) is 0 Å². The summed E-state index contributed by atoms with van der Waals surface area (Å²) in [5.41, 5.74) is 5.06. The first kappa shape index (κ1) is 15.3. The number of carboxylic acid groups (broad SMARTS) is 1. The van der Waals surface area contributed by atoms with Crippen LogP contribution in [-0.4, -0.2) is 47.0 Å². The molecule has 1 rings (SSSR count). The van der Waals surface area contributed by atoms with Gasteiger partial charge >= 0.3 is 12.0 Å². The van der Waals surface area contributed by atoms with Gasteiger partial charge in [0, 0.05) is 13.1 Å². The van der Waals surface area contributed by atoms with E-state index in [0.717, 1.165) is 12.8 Å². The zero-order valence-electron chi connectivity index (χ0n) is 11.1. The first-order valence-corrected chi connectivity index (χ1v) is 6.53. The maximum atomic E-state index is 12.2. The maximum absolute atomic E-state index is 12.2. The third-order valence-electron chi connectivity index (χ3n) is 3.31. The Hall–Kier alpha value is -1.79. The summed E-state index contributed by atoms with van der Waals surface area (Å²) < 4.78 is 0. The number of likely N-dealkylation sites (tertiary alicyclic amines) is 1. The summed E-state index contributed by atoms with van der Waals surface area (Å²) in [6.45, 7) is 2.61. The summed E-state index contributed by atoms with van der Waals surface area (Å²) in [6, 6.07) is -1.38. The molecule has 0 saturated carbocycles. The van der Waals surface area contributed by atoms with E-state index in [1.165, 1.54) is 4.90 Å². The number of unbranched alkanes of at least 4 members (excludes halogenated alkanes) is 1. The highest BCUT2D eigenvalue weighted by atomic mass is 16.4. The predicted octanol–water partition coefficient (Wildman–Crippen LogP) is 0.147. The van der Waals surface area contributed by atoms with Crippen molar-refractivity contribution < 1.29 is 19.5 Å². The van der Waals surface area contributed by atoms with Crippen LogP contribution in [0, 0.1) is 5.92 Å². The highest BCUT2D eigenvalue weighted by Crippen LogP contribution is 2.18. The van der Waals surface area contributed by atoms with Crippen LogP contribution in [0.1, 0.15) is 32.6 Å². The number of nitrogens with one attached hydrogen (secondary N) is 1. The second-order valence-corrected chi connectivity index (χ2v) is 4.81. The van der Waals surface area contributed by atoms with E-state index in [-0.39, 0.29) is 12.5 Å². The summed E-state index contributed by atoms with van der Waals surface area (Å²) in [5, 5.41) is 11.3. The number of primary amides is 1. The summed E-state index contributed by atoms with van der Waals surface area (Å²) in [7, 11) is 0. The number of nitrogens with two attached hydrogens (primary N) is 1. The molecule has 0 radical (unpaired) electrons. The fraction of sp³-hybridized carbons (Fsp3) is 0.750. The number of aliphatic carboxylic acids is 1. The molecule has 0 aromatic carbocycles. The van der Waals surface area contributed by atoms with Crippen molar-refractivity contribution in [2.75, 3.05) is 13.1 Å². The van der Waals surface area contributed by atoms with Gasteiger partial charge in [0.15, 0.2) is 0 Å². The van der Waals surface area contributed by atoms with Crippen LogP contribution in [0.3, 0.4) is 0 Å². The molecular weight excluding hydrogens is 250 g/mol. The number of carboxylic acids is 1. The van der Waals surface area contributed by atoms with E-state index in [0.29, 0.717) is 19.4 Å². The average Bonchev–Trinajstić information content (AvgIpc) is 2.82. The molecule has 1 aliphatic heterocycles. The van der Waals surface area contributed by atoms with Gasteiger partial charge in [0.05, 0.1) is 5.92 Å². The number of carbonyl (C=O) groups is 3. The van der Waals surface area contributed by atoms with Gasteiger partial charge in [-0.25, -0.2) is 4.79 Å². The first-order chi connectivity index (χ1) is 8.95. The molecule has 108 valence electrons. The lowest BCUT2D eigenvalue weighted by molar-refractivity contribution is -0.141. The second kappa shape index (κ2) is 6.96. The van der Waals surface area contributed by atoms with Crippen LogP contribution in [-0.2, 0) is 9.59 Å². The zero-order valence-corrected chi connectivity index (χ0v) is 11.1. The molecule has 0 bridgehead atoms. The van der Waals surface area contributed by atoms with Crippen LogP contribution in [0.4, 0.5) is 4.79 Å². The quantitative estimate of drug-likeness (QED) is 0.638. The minimum absolute atomic E-state index is 0.206. The van der Waals surface area contributed by atoms with E-state index >= 15 is 0 Å². The molecule has 0 aromatic rings. The van der Waals surface area contributed by atoms with Gasteiger partial charge in [0.1, 0.15) is 6.04 Å². The predicted molar refractivity (Wildman–Crippen MR) is 68.4 cm³/mol. The molecule has 0 aliphatic carbocycles. The number of urea groups is 1. The first-order valence-electron chi connectivity index (χ1n) is 6.53. The lowest BCUT2D eigenvalue weighted by Crippen LogP contribution is -2.49. The minimum atomic E-state index is -0.886. The summed E-state index contributed by atoms with van der Waals surface area (Å²) in [6.07, 6.45) is 2.68. The van der Waals surface area contributed by atoms with Gasteiger partial charge in [0.2, 0.25) is 5.91 Å². The molecule has 0 unspecified atom stereocenters. The molecule has 7 heteroatoms. The van der Waals surface area contributed by atoms with Gasteiger partial charge in [-0.3, -0.25) is 9.59 Å². The molecule has 1 saturated heterocycles. The van der Waals surface area contributed by atoms with Crippen LogP contribution >= 0.6 is 0 Å². The Bertz CT molecular complexity index is 359. The van der Waals surface area contributed by atoms with Crippen LogP contribution in [0.15, 0.2) is 0 Å². The van der Waals surface area contributed by atoms with Gasteiger partial charge < -0.3 is 21.1 Å². The molecule has 0 aromatic heterocycles. The SMILES string of the molecule is CCCC[C@@H](NC(N)=O)C(=O)N1CC[C@H](C(=O)O)C1. The van der Waals surface area contributed by atoms with Crippen LogP contribution < -0.4 is 11.1 Å². The highest BCUT2D eigenvalue weighted by molar-refractivity contribution is 5.87. The van der Waals surface area contributed by atoms with E-state index < -0.39 is 24.0 Å². The Morgan fingerprint density at radius 1 is 1.47 bits per heavy atom. The lowest BCUT2D eigenvalue weighted by Gasteiger charge is -2.23. The van der Waals surface area contributed by atoms with Gasteiger partial charge in [-0.15, -0.1) is 0 Å². The van der Waals surface area contributed by atoms with Crippen molar-refractivity contribution in [3.8, 4) is 0 Å². The van der Waals surface area contributed by atoms with Crippen molar-refractivity contribution in [3.63, 3.8) is 0 Å². The fourth-order valence-electron chi connectivity index (χ4n) is 2.22. The monoisotopic (exact) mass is 271 g/mol. The maximum Gasteiger partial charge on any atom is 0.312 e. The van der Waals surface area contributed by atoms with Gasteiger partial charge in [0.25, 0.3) is 0 Å². The Balaban J connectivity index is 2.60. The summed E-state index contributed by atoms with van der Waals surface area (Å²) in [4.78, 5) is 35.5. The largest absolute Gasteiger partial charge is 0.481 e. The van der Waals surface area contributed by atoms with E-state index in [1.54, 1.807) is 0 Å². The van der Waals surface area contributed by atoms with Crippen molar-refractivity contribution in [2.24, 2.45) is 11.7 Å². The molecule has 1 aliphatic rings. The molecule has 4 N–H and O–H groups in total. The Morgan fingerprint density at radius 2 is 2.16 bits per heavy atom. The van der Waals surface area contributed by atoms with Gasteiger partial charge in [-0.2, -0.15) is 0 Å². The molecule has 7 nitrogen and oxygen atoms in total. The van der Waals surface area contributed by atoms with E-state index in [2.05, 4.69) is 5.32 Å². The van der Waals surface area contributed by atoms with Gasteiger partial charge in [-0.05, 0) is 12.8 Å². The smallest absolute Gasteiger partial charge is 0.312 e. The van der Waals surface area contributed by atoms with Crippen LogP contribution in [0.25, 0.3) is 0 Å². The lowest BCUT2D eigenvalue weighted by atomic mass is 10.1. The van der Waals surface area contributed by atoms with Crippen molar-refractivity contribution >= 4 is 17.9 Å². The van der Waals surface area contributed by atoms with Gasteiger partial charge in [-0.1, -0.05) is 19.8 Å². The van der Waals surface area contributed by atoms with Crippen LogP contribution in [0.5, 0.6) is 0 Å². The molecule has 1 fully saturated rings. The topological polar surface area (TPSA) is 113 Å². The molecule has 19 heavy (non-hydrogen) atoms. The number of carbonyl (C=O) groups excluding carboxylic acids is 2. The second-order valence-electron chi connectivity index (χ2n) is 4.81. The molecular formula is C12H21N3O4. The molecule has 2 atom stereocenters. The normalized spacial score (nSPS) is 20.1. The zero-order chi connectivity index (χ0) is 14.4. The molecule has 3 amide bonds. The average molecular weight is 271 g/mol. The van der Waals surface area contributed by atoms with Crippen LogP contribution in [0.2, 0.25) is 0 Å². The van der Waals surface area contributed by atoms with Crippen molar-refractivity contribution in [3.05, 3.63) is 0 Å².